The topological polar surface area (TPSA) is 60.5 Å². The van der Waals surface area contributed by atoms with Crippen molar-refractivity contribution in [2.75, 3.05) is 18.5 Å². The quantitative estimate of drug-likeness (QED) is 0.942. The predicted octanol–water partition coefficient (Wildman–Crippen LogP) is 3.03. The van der Waals surface area contributed by atoms with Gasteiger partial charge >= 0.3 is 0 Å². The summed E-state index contributed by atoms with van der Waals surface area (Å²) >= 11 is 0. The minimum Gasteiger partial charge on any atom is -0.474 e. The van der Waals surface area contributed by atoms with Crippen molar-refractivity contribution in [2.24, 2.45) is 0 Å². The van der Waals surface area contributed by atoms with Crippen LogP contribution in [0.15, 0.2) is 42.6 Å². The number of nitrogens with zero attached hydrogens (tertiary/aromatic N) is 1. The molecule has 0 spiro atoms. The van der Waals surface area contributed by atoms with E-state index in [1.54, 1.807) is 12.1 Å². The van der Waals surface area contributed by atoms with Crippen LogP contribution in [0.3, 0.4) is 0 Å². The zero-order valence-electron chi connectivity index (χ0n) is 12.5. The second kappa shape index (κ2) is 7.19. The van der Waals surface area contributed by atoms with Gasteiger partial charge in [0.25, 0.3) is 5.91 Å². The van der Waals surface area contributed by atoms with Gasteiger partial charge in [-0.3, -0.25) is 4.79 Å². The van der Waals surface area contributed by atoms with Crippen LogP contribution < -0.4 is 10.1 Å². The van der Waals surface area contributed by atoms with Crippen molar-refractivity contribution in [2.45, 2.75) is 18.9 Å². The molecule has 23 heavy (non-hydrogen) atoms. The highest BCUT2D eigenvalue weighted by atomic mass is 19.1. The van der Waals surface area contributed by atoms with E-state index < -0.39 is 0 Å². The monoisotopic (exact) mass is 316 g/mol. The summed E-state index contributed by atoms with van der Waals surface area (Å²) < 4.78 is 23.9. The fourth-order valence-corrected chi connectivity index (χ4v) is 2.29. The minimum atomic E-state index is -0.348. The molecule has 6 heteroatoms. The van der Waals surface area contributed by atoms with Gasteiger partial charge in [-0.1, -0.05) is 0 Å². The molecule has 1 fully saturated rings. The Morgan fingerprint density at radius 3 is 2.57 bits per heavy atom. The van der Waals surface area contributed by atoms with Crippen molar-refractivity contribution in [3.8, 4) is 5.88 Å². The molecule has 1 aliphatic heterocycles. The lowest BCUT2D eigenvalue weighted by Crippen LogP contribution is -2.26. The van der Waals surface area contributed by atoms with Crippen LogP contribution in [0, 0.1) is 5.82 Å². The lowest BCUT2D eigenvalue weighted by molar-refractivity contribution is 0.0237. The van der Waals surface area contributed by atoms with E-state index in [4.69, 9.17) is 9.47 Å². The molecular formula is C17H17FN2O3. The molecule has 1 aliphatic rings. The van der Waals surface area contributed by atoms with Crippen LogP contribution in [0.1, 0.15) is 23.2 Å². The van der Waals surface area contributed by atoms with Crippen molar-refractivity contribution in [3.05, 3.63) is 54.0 Å². The smallest absolute Gasteiger partial charge is 0.257 e. The minimum absolute atomic E-state index is 0.107. The molecule has 3 rings (SSSR count). The number of hydrogen-bond donors (Lipinski definition) is 1. The summed E-state index contributed by atoms with van der Waals surface area (Å²) in [5.74, 6) is -0.156. The van der Waals surface area contributed by atoms with E-state index in [1.807, 2.05) is 0 Å². The van der Waals surface area contributed by atoms with Gasteiger partial charge in [0.05, 0.1) is 18.8 Å². The molecule has 120 valence electrons. The van der Waals surface area contributed by atoms with Crippen molar-refractivity contribution in [3.63, 3.8) is 0 Å². The molecule has 1 amide bonds. The maximum Gasteiger partial charge on any atom is 0.257 e. The highest BCUT2D eigenvalue weighted by Gasteiger charge is 2.16. The lowest BCUT2D eigenvalue weighted by Gasteiger charge is -2.22. The molecule has 2 aromatic rings. The van der Waals surface area contributed by atoms with E-state index in [0.717, 1.165) is 12.8 Å². The molecule has 0 saturated carbocycles. The molecule has 1 aromatic heterocycles. The number of ether oxygens (including phenoxy) is 2. The Labute approximate surface area is 133 Å². The Morgan fingerprint density at radius 2 is 1.91 bits per heavy atom. The van der Waals surface area contributed by atoms with Gasteiger partial charge < -0.3 is 14.8 Å². The van der Waals surface area contributed by atoms with E-state index in [9.17, 15) is 9.18 Å². The Kier molecular flexibility index (Phi) is 4.83. The molecular weight excluding hydrogens is 299 g/mol. The zero-order valence-corrected chi connectivity index (χ0v) is 12.5. The lowest BCUT2D eigenvalue weighted by atomic mass is 10.1. The van der Waals surface area contributed by atoms with Crippen LogP contribution in [0.4, 0.5) is 10.1 Å². The summed E-state index contributed by atoms with van der Waals surface area (Å²) in [5.41, 5.74) is 0.938. The van der Waals surface area contributed by atoms with Gasteiger partial charge in [-0.05, 0) is 30.3 Å². The van der Waals surface area contributed by atoms with Gasteiger partial charge in [-0.2, -0.15) is 0 Å². The summed E-state index contributed by atoms with van der Waals surface area (Å²) in [7, 11) is 0. The largest absolute Gasteiger partial charge is 0.474 e. The third-order valence-electron chi connectivity index (χ3n) is 3.56. The van der Waals surface area contributed by atoms with Crippen LogP contribution in [0.2, 0.25) is 0 Å². The molecule has 1 aromatic carbocycles. The number of nitrogens with one attached hydrogen (secondary N) is 1. The number of benzene rings is 1. The molecule has 1 N–H and O–H groups in total. The molecule has 1 saturated heterocycles. The van der Waals surface area contributed by atoms with Crippen molar-refractivity contribution in [1.29, 1.82) is 0 Å². The normalized spacial score (nSPS) is 15.2. The van der Waals surface area contributed by atoms with Crippen molar-refractivity contribution in [1.82, 2.24) is 4.98 Å². The SMILES string of the molecule is O=C(Nc1ccc(F)cc1)c1ccc(OC2CCOCC2)nc1. The second-order valence-corrected chi connectivity index (χ2v) is 5.28. The fraction of sp³-hybridized carbons (Fsp3) is 0.294. The van der Waals surface area contributed by atoms with E-state index in [2.05, 4.69) is 10.3 Å². The number of aromatic nitrogens is 1. The second-order valence-electron chi connectivity index (χ2n) is 5.28. The van der Waals surface area contributed by atoms with Gasteiger partial charge in [0.2, 0.25) is 5.88 Å². The molecule has 0 radical (unpaired) electrons. The van der Waals surface area contributed by atoms with Crippen LogP contribution in [-0.4, -0.2) is 30.2 Å². The Bertz CT molecular complexity index is 653. The van der Waals surface area contributed by atoms with Gasteiger partial charge in [0.15, 0.2) is 0 Å². The highest BCUT2D eigenvalue weighted by Crippen LogP contribution is 2.17. The number of amides is 1. The van der Waals surface area contributed by atoms with Gasteiger partial charge in [0, 0.05) is 30.8 Å². The van der Waals surface area contributed by atoms with E-state index in [1.165, 1.54) is 30.5 Å². The summed E-state index contributed by atoms with van der Waals surface area (Å²) in [6, 6.07) is 8.92. The van der Waals surface area contributed by atoms with Crippen LogP contribution >= 0.6 is 0 Å². The van der Waals surface area contributed by atoms with Gasteiger partial charge in [-0.25, -0.2) is 9.37 Å². The number of halogens is 1. The van der Waals surface area contributed by atoms with Crippen LogP contribution in [-0.2, 0) is 4.74 Å². The average Bonchev–Trinajstić information content (AvgIpc) is 2.58. The Hall–Kier alpha value is -2.47. The number of hydrogen-bond acceptors (Lipinski definition) is 4. The molecule has 2 heterocycles. The summed E-state index contributed by atoms with van der Waals surface area (Å²) in [6.45, 7) is 1.39. The summed E-state index contributed by atoms with van der Waals surface area (Å²) in [5, 5.41) is 2.68. The fourth-order valence-electron chi connectivity index (χ4n) is 2.29. The summed E-state index contributed by atoms with van der Waals surface area (Å²) in [4.78, 5) is 16.3. The highest BCUT2D eigenvalue weighted by molar-refractivity contribution is 6.04. The number of carbonyl (C=O) groups is 1. The van der Waals surface area contributed by atoms with Crippen LogP contribution in [0.5, 0.6) is 5.88 Å². The summed E-state index contributed by atoms with van der Waals surface area (Å²) in [6.07, 6.45) is 3.26. The van der Waals surface area contributed by atoms with Gasteiger partial charge in [-0.15, -0.1) is 0 Å². The Balaban J connectivity index is 1.59. The predicted molar refractivity (Wildman–Crippen MR) is 83.1 cm³/mol. The van der Waals surface area contributed by atoms with Crippen molar-refractivity contribution < 1.29 is 18.7 Å². The number of anilines is 1. The Morgan fingerprint density at radius 1 is 1.17 bits per heavy atom. The standard InChI is InChI=1S/C17H17FN2O3/c18-13-2-4-14(5-3-13)20-17(21)12-1-6-16(19-11-12)23-15-7-9-22-10-8-15/h1-6,11,15H,7-10H2,(H,20,21). The number of pyridine rings is 1. The molecule has 0 bridgehead atoms. The first kappa shape index (κ1) is 15.4. The number of carbonyl (C=O) groups excluding carboxylic acids is 1. The molecule has 0 aliphatic carbocycles. The average molecular weight is 316 g/mol. The first-order valence-corrected chi connectivity index (χ1v) is 7.48. The zero-order chi connectivity index (χ0) is 16.1. The van der Waals surface area contributed by atoms with Crippen LogP contribution in [0.25, 0.3) is 0 Å². The molecule has 5 nitrogen and oxygen atoms in total. The maximum atomic E-state index is 12.8. The van der Waals surface area contributed by atoms with Gasteiger partial charge in [0.1, 0.15) is 11.9 Å². The first-order valence-electron chi connectivity index (χ1n) is 7.48. The van der Waals surface area contributed by atoms with E-state index in [-0.39, 0.29) is 17.8 Å². The van der Waals surface area contributed by atoms with E-state index in [0.29, 0.717) is 30.3 Å². The molecule has 0 atom stereocenters. The van der Waals surface area contributed by atoms with E-state index >= 15 is 0 Å². The first-order chi connectivity index (χ1) is 11.2. The maximum absolute atomic E-state index is 12.8. The number of rotatable bonds is 4. The third kappa shape index (κ3) is 4.26. The van der Waals surface area contributed by atoms with Crippen molar-refractivity contribution >= 4 is 11.6 Å². The third-order valence-corrected chi connectivity index (χ3v) is 3.56. The molecule has 0 unspecified atom stereocenters.